The van der Waals surface area contributed by atoms with Crippen LogP contribution in [0.2, 0.25) is 0 Å². The average molecular weight is 214 g/mol. The zero-order valence-electron chi connectivity index (χ0n) is 9.40. The minimum absolute atomic E-state index is 0.0443. The highest BCUT2D eigenvalue weighted by Crippen LogP contribution is 2.39. The molecule has 0 spiro atoms. The van der Waals surface area contributed by atoms with Crippen LogP contribution >= 0.6 is 0 Å². The maximum absolute atomic E-state index is 11.6. The molecular weight excluding hydrogens is 196 g/mol. The molecule has 0 aromatic heterocycles. The first-order valence-electron chi connectivity index (χ1n) is 5.29. The Kier molecular flexibility index (Phi) is 3.72. The number of esters is 1. The first kappa shape index (κ1) is 12.0. The van der Waals surface area contributed by atoms with Crippen molar-refractivity contribution in [2.24, 2.45) is 23.7 Å². The van der Waals surface area contributed by atoms with Crippen molar-refractivity contribution in [1.82, 2.24) is 0 Å². The molecule has 1 rings (SSSR count). The molecule has 15 heavy (non-hydrogen) atoms. The number of carboxylic acid groups (broad SMARTS) is 1. The SMILES string of the molecule is COC(=O)C1C(C)CCC(C)C1C(=O)O. The Labute approximate surface area is 89.6 Å². The Morgan fingerprint density at radius 3 is 2.00 bits per heavy atom. The summed E-state index contributed by atoms with van der Waals surface area (Å²) in [6, 6.07) is 0. The summed E-state index contributed by atoms with van der Waals surface area (Å²) in [6.45, 7) is 3.81. The van der Waals surface area contributed by atoms with E-state index in [1.54, 1.807) is 0 Å². The lowest BCUT2D eigenvalue weighted by Gasteiger charge is -2.36. The van der Waals surface area contributed by atoms with E-state index in [2.05, 4.69) is 4.74 Å². The first-order chi connectivity index (χ1) is 6.99. The van der Waals surface area contributed by atoms with Gasteiger partial charge in [-0.2, -0.15) is 0 Å². The number of carbonyl (C=O) groups excluding carboxylic acids is 1. The van der Waals surface area contributed by atoms with Gasteiger partial charge in [0, 0.05) is 0 Å². The van der Waals surface area contributed by atoms with Crippen molar-refractivity contribution in [2.75, 3.05) is 7.11 Å². The molecule has 0 aliphatic heterocycles. The molecule has 0 heterocycles. The Hall–Kier alpha value is -1.06. The molecular formula is C11H18O4. The molecule has 0 bridgehead atoms. The number of methoxy groups -OCH3 is 1. The molecule has 4 heteroatoms. The van der Waals surface area contributed by atoms with Gasteiger partial charge >= 0.3 is 11.9 Å². The van der Waals surface area contributed by atoms with Crippen molar-refractivity contribution < 1.29 is 19.4 Å². The second-order valence-corrected chi connectivity index (χ2v) is 4.44. The van der Waals surface area contributed by atoms with E-state index < -0.39 is 17.8 Å². The van der Waals surface area contributed by atoms with E-state index in [-0.39, 0.29) is 17.8 Å². The topological polar surface area (TPSA) is 63.6 Å². The molecule has 0 saturated heterocycles. The molecule has 4 nitrogen and oxygen atoms in total. The lowest BCUT2D eigenvalue weighted by molar-refractivity contribution is -0.162. The van der Waals surface area contributed by atoms with E-state index in [1.165, 1.54) is 7.11 Å². The Balaban J connectivity index is 2.92. The van der Waals surface area contributed by atoms with Crippen LogP contribution in [0.25, 0.3) is 0 Å². The van der Waals surface area contributed by atoms with Crippen molar-refractivity contribution in [3.8, 4) is 0 Å². The summed E-state index contributed by atoms with van der Waals surface area (Å²) >= 11 is 0. The monoisotopic (exact) mass is 214 g/mol. The van der Waals surface area contributed by atoms with Gasteiger partial charge in [-0.15, -0.1) is 0 Å². The zero-order valence-corrected chi connectivity index (χ0v) is 9.40. The van der Waals surface area contributed by atoms with Crippen molar-refractivity contribution in [1.29, 1.82) is 0 Å². The number of rotatable bonds is 2. The van der Waals surface area contributed by atoms with Gasteiger partial charge in [0.25, 0.3) is 0 Å². The maximum atomic E-state index is 11.6. The van der Waals surface area contributed by atoms with E-state index in [4.69, 9.17) is 5.11 Å². The largest absolute Gasteiger partial charge is 0.481 e. The van der Waals surface area contributed by atoms with E-state index in [0.29, 0.717) is 0 Å². The van der Waals surface area contributed by atoms with Crippen molar-refractivity contribution >= 4 is 11.9 Å². The summed E-state index contributed by atoms with van der Waals surface area (Å²) in [5.41, 5.74) is 0. The molecule has 0 aromatic rings. The van der Waals surface area contributed by atoms with E-state index in [1.807, 2.05) is 13.8 Å². The standard InChI is InChI=1S/C11H18O4/c1-6-4-5-7(2)9(11(14)15-3)8(6)10(12)13/h6-9H,4-5H2,1-3H3,(H,12,13). The number of hydrogen-bond donors (Lipinski definition) is 1. The van der Waals surface area contributed by atoms with Crippen LogP contribution < -0.4 is 0 Å². The van der Waals surface area contributed by atoms with E-state index >= 15 is 0 Å². The van der Waals surface area contributed by atoms with Crippen LogP contribution in [0.1, 0.15) is 26.7 Å². The lowest BCUT2D eigenvalue weighted by Crippen LogP contribution is -2.42. The third kappa shape index (κ3) is 2.30. The molecule has 0 radical (unpaired) electrons. The molecule has 0 amide bonds. The van der Waals surface area contributed by atoms with Crippen molar-refractivity contribution in [3.63, 3.8) is 0 Å². The number of carboxylic acids is 1. The summed E-state index contributed by atoms with van der Waals surface area (Å²) in [7, 11) is 1.31. The Morgan fingerprint density at radius 1 is 1.13 bits per heavy atom. The van der Waals surface area contributed by atoms with Gasteiger partial charge in [0.05, 0.1) is 18.9 Å². The number of ether oxygens (including phenoxy) is 1. The van der Waals surface area contributed by atoms with Gasteiger partial charge in [-0.05, 0) is 24.7 Å². The first-order valence-corrected chi connectivity index (χ1v) is 5.29. The lowest BCUT2D eigenvalue weighted by atomic mass is 9.67. The molecule has 1 aliphatic rings. The quantitative estimate of drug-likeness (QED) is 0.708. The molecule has 1 aliphatic carbocycles. The highest BCUT2D eigenvalue weighted by atomic mass is 16.5. The van der Waals surface area contributed by atoms with Crippen LogP contribution in [0, 0.1) is 23.7 Å². The van der Waals surface area contributed by atoms with Crippen LogP contribution in [-0.2, 0) is 14.3 Å². The minimum atomic E-state index is -0.885. The molecule has 1 fully saturated rings. The van der Waals surface area contributed by atoms with Crippen LogP contribution in [-0.4, -0.2) is 24.2 Å². The average Bonchev–Trinajstić information content (AvgIpc) is 2.19. The summed E-state index contributed by atoms with van der Waals surface area (Å²) < 4.78 is 4.69. The van der Waals surface area contributed by atoms with Gasteiger partial charge in [-0.25, -0.2) is 0 Å². The van der Waals surface area contributed by atoms with Crippen LogP contribution in [0.3, 0.4) is 0 Å². The molecule has 4 atom stereocenters. The number of hydrogen-bond acceptors (Lipinski definition) is 3. The summed E-state index contributed by atoms with van der Waals surface area (Å²) in [5, 5.41) is 9.13. The summed E-state index contributed by atoms with van der Waals surface area (Å²) in [4.78, 5) is 22.7. The Bertz CT molecular complexity index is 261. The van der Waals surface area contributed by atoms with Gasteiger partial charge in [-0.3, -0.25) is 9.59 Å². The fourth-order valence-electron chi connectivity index (χ4n) is 2.50. The minimum Gasteiger partial charge on any atom is -0.481 e. The van der Waals surface area contributed by atoms with Gasteiger partial charge < -0.3 is 9.84 Å². The predicted octanol–water partition coefficient (Wildman–Crippen LogP) is 1.54. The second kappa shape index (κ2) is 4.64. The molecule has 1 saturated carbocycles. The molecule has 4 unspecified atom stereocenters. The van der Waals surface area contributed by atoms with Gasteiger partial charge in [-0.1, -0.05) is 13.8 Å². The van der Waals surface area contributed by atoms with Gasteiger partial charge in [0.15, 0.2) is 0 Å². The van der Waals surface area contributed by atoms with E-state index in [0.717, 1.165) is 12.8 Å². The number of carbonyl (C=O) groups is 2. The molecule has 86 valence electrons. The fraction of sp³-hybridized carbons (Fsp3) is 0.818. The Morgan fingerprint density at radius 2 is 1.60 bits per heavy atom. The number of aliphatic carboxylic acids is 1. The van der Waals surface area contributed by atoms with Crippen LogP contribution in [0.15, 0.2) is 0 Å². The van der Waals surface area contributed by atoms with Gasteiger partial charge in [0.1, 0.15) is 0 Å². The molecule has 0 aromatic carbocycles. The maximum Gasteiger partial charge on any atom is 0.309 e. The zero-order chi connectivity index (χ0) is 11.6. The third-order valence-electron chi connectivity index (χ3n) is 3.45. The highest BCUT2D eigenvalue weighted by Gasteiger charge is 2.44. The third-order valence-corrected chi connectivity index (χ3v) is 3.45. The second-order valence-electron chi connectivity index (χ2n) is 4.44. The van der Waals surface area contributed by atoms with Crippen LogP contribution in [0.4, 0.5) is 0 Å². The van der Waals surface area contributed by atoms with Crippen LogP contribution in [0.5, 0.6) is 0 Å². The highest BCUT2D eigenvalue weighted by molar-refractivity contribution is 5.81. The normalized spacial score (nSPS) is 35.9. The van der Waals surface area contributed by atoms with Crippen molar-refractivity contribution in [2.45, 2.75) is 26.7 Å². The fourth-order valence-corrected chi connectivity index (χ4v) is 2.50. The molecule has 1 N–H and O–H groups in total. The van der Waals surface area contributed by atoms with Gasteiger partial charge in [0.2, 0.25) is 0 Å². The van der Waals surface area contributed by atoms with E-state index in [9.17, 15) is 9.59 Å². The predicted molar refractivity (Wildman–Crippen MR) is 54.2 cm³/mol. The van der Waals surface area contributed by atoms with Crippen molar-refractivity contribution in [3.05, 3.63) is 0 Å². The summed E-state index contributed by atoms with van der Waals surface area (Å²) in [6.07, 6.45) is 1.76. The summed E-state index contributed by atoms with van der Waals surface area (Å²) in [5.74, 6) is -2.22. The smallest absolute Gasteiger partial charge is 0.309 e.